The number of esters is 1. The predicted molar refractivity (Wildman–Crippen MR) is 119 cm³/mol. The zero-order chi connectivity index (χ0) is 21.4. The molecule has 0 saturated carbocycles. The lowest BCUT2D eigenvalue weighted by molar-refractivity contribution is -0.119. The van der Waals surface area contributed by atoms with Gasteiger partial charge in [-0.1, -0.05) is 48.5 Å². The maximum Gasteiger partial charge on any atom is 0.339 e. The number of aromatic nitrogens is 2. The van der Waals surface area contributed by atoms with Gasteiger partial charge in [0.2, 0.25) is 0 Å². The first kappa shape index (κ1) is 18.6. The second-order valence-corrected chi connectivity index (χ2v) is 7.16. The van der Waals surface area contributed by atoms with E-state index in [0.29, 0.717) is 22.3 Å². The maximum atomic E-state index is 13.0. The highest BCUT2D eigenvalue weighted by molar-refractivity contribution is 6.16. The molecule has 1 aromatic heterocycles. The molecule has 7 heteroatoms. The largest absolute Gasteiger partial charge is 0.452 e. The van der Waals surface area contributed by atoms with Crippen LogP contribution in [-0.2, 0) is 9.53 Å². The number of fused-ring (bicyclic) bond motifs is 3. The molecular weight excluding hydrogens is 394 g/mol. The van der Waals surface area contributed by atoms with Crippen LogP contribution in [0.4, 0.5) is 5.69 Å². The van der Waals surface area contributed by atoms with Crippen LogP contribution in [0.5, 0.6) is 0 Å². The van der Waals surface area contributed by atoms with Crippen LogP contribution in [0.15, 0.2) is 77.6 Å². The average Bonchev–Trinajstić information content (AvgIpc) is 3.15. The van der Waals surface area contributed by atoms with Crippen molar-refractivity contribution in [2.24, 2.45) is 0 Å². The summed E-state index contributed by atoms with van der Waals surface area (Å²) in [5.74, 6) is -1.04. The third-order valence-corrected chi connectivity index (χ3v) is 5.11. The summed E-state index contributed by atoms with van der Waals surface area (Å²) in [7, 11) is 0. The van der Waals surface area contributed by atoms with E-state index in [1.807, 2.05) is 54.6 Å². The molecule has 0 unspecified atom stereocenters. The minimum absolute atomic E-state index is 0.324. The van der Waals surface area contributed by atoms with Crippen molar-refractivity contribution in [3.05, 3.63) is 88.8 Å². The molecule has 5 aromatic rings. The number of carbonyl (C=O) groups excluding carboxylic acids is 2. The molecule has 4 aromatic carbocycles. The van der Waals surface area contributed by atoms with E-state index in [1.54, 1.807) is 18.2 Å². The maximum absolute atomic E-state index is 13.0. The van der Waals surface area contributed by atoms with Gasteiger partial charge in [0.05, 0.1) is 16.6 Å². The number of benzene rings is 4. The Kier molecular flexibility index (Phi) is 4.48. The van der Waals surface area contributed by atoms with Gasteiger partial charge in [0.1, 0.15) is 0 Å². The summed E-state index contributed by atoms with van der Waals surface area (Å²) in [6, 6.07) is 22.1. The molecule has 7 nitrogen and oxygen atoms in total. The molecule has 0 fully saturated rings. The SMILES string of the molecule is O=C(COC(=O)c1c2ccccc2cc2ccccc12)Nc1ccc2[nH]c(=O)[nH]c2c1. The van der Waals surface area contributed by atoms with Crippen LogP contribution in [0.25, 0.3) is 32.6 Å². The number of anilines is 1. The lowest BCUT2D eigenvalue weighted by atomic mass is 9.97. The molecule has 0 aliphatic rings. The van der Waals surface area contributed by atoms with E-state index in [9.17, 15) is 14.4 Å². The van der Waals surface area contributed by atoms with Gasteiger partial charge in [-0.3, -0.25) is 4.79 Å². The van der Waals surface area contributed by atoms with Crippen molar-refractivity contribution < 1.29 is 14.3 Å². The number of hydrogen-bond donors (Lipinski definition) is 3. The first-order valence-electron chi connectivity index (χ1n) is 9.68. The van der Waals surface area contributed by atoms with Crippen molar-refractivity contribution in [1.29, 1.82) is 0 Å². The molecule has 0 spiro atoms. The summed E-state index contributed by atoms with van der Waals surface area (Å²) >= 11 is 0. The number of carbonyl (C=O) groups is 2. The number of imidazole rings is 1. The fourth-order valence-electron chi connectivity index (χ4n) is 3.74. The van der Waals surface area contributed by atoms with E-state index in [0.717, 1.165) is 21.5 Å². The minimum Gasteiger partial charge on any atom is -0.452 e. The summed E-state index contributed by atoms with van der Waals surface area (Å²) in [6.07, 6.45) is 0. The third kappa shape index (κ3) is 3.53. The quantitative estimate of drug-likeness (QED) is 0.308. The van der Waals surface area contributed by atoms with Crippen LogP contribution >= 0.6 is 0 Å². The summed E-state index contributed by atoms with van der Waals surface area (Å²) in [4.78, 5) is 41.9. The Hall–Kier alpha value is -4.39. The smallest absolute Gasteiger partial charge is 0.339 e. The summed E-state index contributed by atoms with van der Waals surface area (Å²) in [5.41, 5.74) is 1.81. The predicted octanol–water partition coefficient (Wildman–Crippen LogP) is 3.96. The molecule has 3 N–H and O–H groups in total. The van der Waals surface area contributed by atoms with Gasteiger partial charge >= 0.3 is 11.7 Å². The van der Waals surface area contributed by atoms with Crippen LogP contribution < -0.4 is 11.0 Å². The first-order valence-corrected chi connectivity index (χ1v) is 9.68. The molecule has 0 aliphatic carbocycles. The lowest BCUT2D eigenvalue weighted by Gasteiger charge is -2.11. The van der Waals surface area contributed by atoms with Crippen molar-refractivity contribution in [2.75, 3.05) is 11.9 Å². The van der Waals surface area contributed by atoms with Gasteiger partial charge in [-0.05, 0) is 45.8 Å². The molecule has 152 valence electrons. The minimum atomic E-state index is -0.562. The van der Waals surface area contributed by atoms with E-state index in [-0.39, 0.29) is 5.69 Å². The Morgan fingerprint density at radius 1 is 0.806 bits per heavy atom. The molecule has 0 atom stereocenters. The highest BCUT2D eigenvalue weighted by Crippen LogP contribution is 2.29. The van der Waals surface area contributed by atoms with Crippen LogP contribution in [0.1, 0.15) is 10.4 Å². The van der Waals surface area contributed by atoms with Crippen molar-refractivity contribution in [2.45, 2.75) is 0 Å². The van der Waals surface area contributed by atoms with Crippen molar-refractivity contribution >= 4 is 50.1 Å². The number of H-pyrrole nitrogens is 2. The molecule has 1 heterocycles. The van der Waals surface area contributed by atoms with Gasteiger partial charge in [-0.2, -0.15) is 0 Å². The molecule has 5 rings (SSSR count). The van der Waals surface area contributed by atoms with Crippen LogP contribution in [0, 0.1) is 0 Å². The van der Waals surface area contributed by atoms with E-state index in [4.69, 9.17) is 4.74 Å². The highest BCUT2D eigenvalue weighted by atomic mass is 16.5. The molecule has 0 radical (unpaired) electrons. The zero-order valence-electron chi connectivity index (χ0n) is 16.3. The summed E-state index contributed by atoms with van der Waals surface area (Å²) < 4.78 is 5.35. The second-order valence-electron chi connectivity index (χ2n) is 7.16. The molecular formula is C24H17N3O4. The van der Waals surface area contributed by atoms with E-state index >= 15 is 0 Å². The molecule has 0 aliphatic heterocycles. The van der Waals surface area contributed by atoms with E-state index in [1.165, 1.54) is 0 Å². The second kappa shape index (κ2) is 7.46. The standard InChI is InChI=1S/C24H17N3O4/c28-21(25-16-9-10-19-20(12-16)27-24(30)26-19)13-31-23(29)22-17-7-3-1-5-14(17)11-15-6-2-4-8-18(15)22/h1-12H,13H2,(H,25,28)(H2,26,27,30). The fraction of sp³-hybridized carbons (Fsp3) is 0.0417. The Balaban J connectivity index is 1.37. The Labute approximate surface area is 175 Å². The normalized spacial score (nSPS) is 11.1. The van der Waals surface area contributed by atoms with Crippen LogP contribution in [0.2, 0.25) is 0 Å². The van der Waals surface area contributed by atoms with Crippen molar-refractivity contribution in [3.8, 4) is 0 Å². The summed E-state index contributed by atoms with van der Waals surface area (Å²) in [5, 5.41) is 6.06. The summed E-state index contributed by atoms with van der Waals surface area (Å²) in [6.45, 7) is -0.432. The number of ether oxygens (including phenoxy) is 1. The number of hydrogen-bond acceptors (Lipinski definition) is 4. The zero-order valence-corrected chi connectivity index (χ0v) is 16.3. The van der Waals surface area contributed by atoms with Crippen LogP contribution in [-0.4, -0.2) is 28.5 Å². The molecule has 31 heavy (non-hydrogen) atoms. The molecule has 1 amide bonds. The van der Waals surface area contributed by atoms with Gasteiger partial charge in [0, 0.05) is 5.69 Å². The van der Waals surface area contributed by atoms with Gasteiger partial charge in [-0.15, -0.1) is 0 Å². The van der Waals surface area contributed by atoms with Gasteiger partial charge in [0.25, 0.3) is 5.91 Å². The monoisotopic (exact) mass is 411 g/mol. The first-order chi connectivity index (χ1) is 15.1. The van der Waals surface area contributed by atoms with Crippen LogP contribution in [0.3, 0.4) is 0 Å². The number of aromatic amines is 2. The number of nitrogens with one attached hydrogen (secondary N) is 3. The Morgan fingerprint density at radius 2 is 1.45 bits per heavy atom. The number of amides is 1. The highest BCUT2D eigenvalue weighted by Gasteiger charge is 2.17. The van der Waals surface area contributed by atoms with Gasteiger partial charge in [-0.25, -0.2) is 9.59 Å². The molecule has 0 saturated heterocycles. The van der Waals surface area contributed by atoms with Gasteiger partial charge < -0.3 is 20.0 Å². The fourth-order valence-corrected chi connectivity index (χ4v) is 3.74. The van der Waals surface area contributed by atoms with E-state index in [2.05, 4.69) is 15.3 Å². The Bertz CT molecular complexity index is 1480. The van der Waals surface area contributed by atoms with Crippen molar-refractivity contribution in [1.82, 2.24) is 9.97 Å². The number of rotatable bonds is 4. The average molecular weight is 411 g/mol. The Morgan fingerprint density at radius 3 is 2.16 bits per heavy atom. The van der Waals surface area contributed by atoms with Gasteiger partial charge in [0.15, 0.2) is 6.61 Å². The van der Waals surface area contributed by atoms with Crippen molar-refractivity contribution in [3.63, 3.8) is 0 Å². The van der Waals surface area contributed by atoms with E-state index < -0.39 is 18.5 Å². The molecule has 0 bridgehead atoms. The topological polar surface area (TPSA) is 104 Å². The third-order valence-electron chi connectivity index (χ3n) is 5.11. The lowest BCUT2D eigenvalue weighted by Crippen LogP contribution is -2.21.